The zero-order valence-electron chi connectivity index (χ0n) is 18.0. The average molecular weight is 498 g/mol. The largest absolute Gasteiger partial charge is 0.404 e. The molecule has 0 bridgehead atoms. The molecule has 0 unspecified atom stereocenters. The fraction of sp³-hybridized carbons (Fsp3) is 0.364. The number of nitrogens with one attached hydrogen (secondary N) is 1. The van der Waals surface area contributed by atoms with Crippen molar-refractivity contribution >= 4 is 20.9 Å². The third-order valence-electron chi connectivity index (χ3n) is 6.07. The van der Waals surface area contributed by atoms with Gasteiger partial charge in [0, 0.05) is 23.2 Å². The van der Waals surface area contributed by atoms with Crippen LogP contribution >= 0.6 is 0 Å². The van der Waals surface area contributed by atoms with Gasteiger partial charge in [0.25, 0.3) is 0 Å². The van der Waals surface area contributed by atoms with E-state index in [4.69, 9.17) is 0 Å². The molecule has 0 saturated heterocycles. The normalized spacial score (nSPS) is 15.8. The Morgan fingerprint density at radius 1 is 1.26 bits per heavy atom. The summed E-state index contributed by atoms with van der Waals surface area (Å²) in [5.41, 5.74) is 0.161. The molecule has 1 N–H and O–H groups in total. The first kappa shape index (κ1) is 24.1. The van der Waals surface area contributed by atoms with Crippen LogP contribution in [0.2, 0.25) is 0 Å². The minimum atomic E-state index is -4.77. The van der Waals surface area contributed by atoms with E-state index in [2.05, 4.69) is 4.98 Å². The topological polar surface area (TPSA) is 87.8 Å². The first-order valence-corrected chi connectivity index (χ1v) is 11.8. The summed E-state index contributed by atoms with van der Waals surface area (Å²) >= 11 is 0. The number of pyridine rings is 1. The number of alkyl halides is 3. The molecule has 0 spiro atoms. The summed E-state index contributed by atoms with van der Waals surface area (Å²) in [7, 11) is -4.53. The van der Waals surface area contributed by atoms with Crippen LogP contribution in [0.5, 0.6) is 0 Å². The number of nitriles is 1. The highest BCUT2D eigenvalue weighted by Gasteiger charge is 2.39. The number of halogens is 5. The summed E-state index contributed by atoms with van der Waals surface area (Å²) in [6.45, 7) is 1.96. The highest BCUT2D eigenvalue weighted by Crippen LogP contribution is 2.43. The number of nitrogens with zero attached hydrogens (tertiary/aromatic N) is 3. The van der Waals surface area contributed by atoms with Crippen LogP contribution in [0.15, 0.2) is 29.3 Å². The zero-order valence-corrected chi connectivity index (χ0v) is 18.9. The van der Waals surface area contributed by atoms with Gasteiger partial charge in [-0.15, -0.1) is 0 Å². The van der Waals surface area contributed by atoms with Gasteiger partial charge in [0.15, 0.2) is 5.82 Å². The molecule has 1 aliphatic rings. The Hall–Kier alpha value is -3.04. The molecule has 1 aromatic carbocycles. The molecule has 1 atom stereocenters. The molecule has 3 aromatic rings. The van der Waals surface area contributed by atoms with Gasteiger partial charge in [-0.2, -0.15) is 23.2 Å². The highest BCUT2D eigenvalue weighted by atomic mass is 32.2. The van der Waals surface area contributed by atoms with Crippen LogP contribution < -0.4 is 4.72 Å². The number of fused-ring (bicyclic) bond motifs is 1. The number of sulfonamides is 1. The molecule has 1 fully saturated rings. The molecule has 12 heteroatoms. The van der Waals surface area contributed by atoms with Crippen molar-refractivity contribution < 1.29 is 30.4 Å². The smallest absolute Gasteiger partial charge is 0.333 e. The van der Waals surface area contributed by atoms with Gasteiger partial charge in [-0.05, 0) is 51.3 Å². The Balaban J connectivity index is 1.86. The molecule has 34 heavy (non-hydrogen) atoms. The lowest BCUT2D eigenvalue weighted by atomic mass is 9.92. The van der Waals surface area contributed by atoms with Crippen molar-refractivity contribution in [3.05, 3.63) is 47.2 Å². The number of rotatable bonds is 5. The summed E-state index contributed by atoms with van der Waals surface area (Å²) in [5.74, 6) is -1.60. The maximum atomic E-state index is 15.2. The predicted molar refractivity (Wildman–Crippen MR) is 113 cm³/mol. The van der Waals surface area contributed by atoms with E-state index in [1.54, 1.807) is 9.29 Å². The Kier molecular flexibility index (Phi) is 5.90. The van der Waals surface area contributed by atoms with E-state index in [1.807, 2.05) is 6.07 Å². The van der Waals surface area contributed by atoms with Crippen LogP contribution in [-0.2, 0) is 10.0 Å². The third kappa shape index (κ3) is 3.92. The Morgan fingerprint density at radius 2 is 1.94 bits per heavy atom. The maximum Gasteiger partial charge on any atom is 0.404 e. The van der Waals surface area contributed by atoms with Crippen LogP contribution in [0.3, 0.4) is 0 Å². The fourth-order valence-corrected chi connectivity index (χ4v) is 5.09. The lowest BCUT2D eigenvalue weighted by Crippen LogP contribution is -2.42. The molecule has 2 heterocycles. The van der Waals surface area contributed by atoms with Gasteiger partial charge in [-0.25, -0.2) is 17.2 Å². The van der Waals surface area contributed by atoms with Crippen LogP contribution in [0.25, 0.3) is 22.3 Å². The summed E-state index contributed by atoms with van der Waals surface area (Å²) in [6.07, 6.45) is -1.64. The maximum absolute atomic E-state index is 15.2. The molecule has 0 aliphatic heterocycles. The van der Waals surface area contributed by atoms with Crippen molar-refractivity contribution in [3.8, 4) is 17.5 Å². The second kappa shape index (κ2) is 8.32. The molecule has 180 valence electrons. The molecule has 0 radical (unpaired) electrons. The Labute approximate surface area is 192 Å². The minimum absolute atomic E-state index is 0.0216. The van der Waals surface area contributed by atoms with Crippen LogP contribution in [0.4, 0.5) is 22.0 Å². The van der Waals surface area contributed by atoms with Crippen molar-refractivity contribution in [1.82, 2.24) is 14.3 Å². The van der Waals surface area contributed by atoms with E-state index < -0.39 is 38.8 Å². The van der Waals surface area contributed by atoms with Crippen molar-refractivity contribution in [2.24, 2.45) is 0 Å². The van der Waals surface area contributed by atoms with Gasteiger partial charge in [-0.3, -0.25) is 4.98 Å². The molecule has 0 amide bonds. The molecule has 6 nitrogen and oxygen atoms in total. The average Bonchev–Trinajstić information content (AvgIpc) is 3.03. The first-order chi connectivity index (χ1) is 15.9. The van der Waals surface area contributed by atoms with Crippen molar-refractivity contribution in [1.29, 1.82) is 5.26 Å². The summed E-state index contributed by atoms with van der Waals surface area (Å²) in [5, 5.41) is 9.90. The second-order valence-corrected chi connectivity index (χ2v) is 9.96. The van der Waals surface area contributed by atoms with Gasteiger partial charge in [0.1, 0.15) is 22.8 Å². The van der Waals surface area contributed by atoms with Gasteiger partial charge in [0.2, 0.25) is 10.0 Å². The predicted octanol–water partition coefficient (Wildman–Crippen LogP) is 5.12. The number of benzene rings is 1. The van der Waals surface area contributed by atoms with Crippen molar-refractivity contribution in [2.45, 2.75) is 56.3 Å². The fourth-order valence-electron chi connectivity index (χ4n) is 3.91. The van der Waals surface area contributed by atoms with E-state index in [1.165, 1.54) is 13.0 Å². The number of aromatic nitrogens is 2. The lowest BCUT2D eigenvalue weighted by Gasteiger charge is -2.30. The Bertz CT molecular complexity index is 1420. The molecular weight excluding hydrogens is 479 g/mol. The quantitative estimate of drug-likeness (QED) is 0.495. The van der Waals surface area contributed by atoms with E-state index >= 15 is 4.39 Å². The van der Waals surface area contributed by atoms with Gasteiger partial charge in [-0.1, -0.05) is 0 Å². The molecule has 1 saturated carbocycles. The van der Waals surface area contributed by atoms with Crippen LogP contribution in [0, 0.1) is 29.9 Å². The monoisotopic (exact) mass is 498 g/mol. The number of hydrogen-bond acceptors (Lipinski definition) is 4. The first-order valence-electron chi connectivity index (χ1n) is 10.3. The van der Waals surface area contributed by atoms with Crippen molar-refractivity contribution in [2.75, 3.05) is 0 Å². The Morgan fingerprint density at radius 3 is 2.44 bits per heavy atom. The highest BCUT2D eigenvalue weighted by molar-refractivity contribution is 7.89. The standard InChI is InChI=1S/C22H19F5N4O2S/c1-11-17(23)8-15-16(9-28)20(31(13-4-3-5-13)21(15)19(11)24)18-7-6-14(10-29-18)34(32,33)30-12(2)22(25,26)27/h6-8,10,12-13,30H,3-5H2,1-2H3/t12-/m0/s1. The summed E-state index contributed by atoms with van der Waals surface area (Å²) in [4.78, 5) is 3.57. The van der Waals surface area contributed by atoms with Crippen molar-refractivity contribution in [3.63, 3.8) is 0 Å². The van der Waals surface area contributed by atoms with E-state index in [0.717, 1.165) is 24.8 Å². The lowest BCUT2D eigenvalue weighted by molar-refractivity contribution is -0.147. The van der Waals surface area contributed by atoms with Gasteiger partial charge in [0.05, 0.1) is 22.5 Å². The van der Waals surface area contributed by atoms with Gasteiger partial charge >= 0.3 is 6.18 Å². The third-order valence-corrected chi connectivity index (χ3v) is 7.60. The van der Waals surface area contributed by atoms with E-state index in [0.29, 0.717) is 19.8 Å². The number of hydrogen-bond donors (Lipinski definition) is 1. The summed E-state index contributed by atoms with van der Waals surface area (Å²) < 4.78 is 95.6. The van der Waals surface area contributed by atoms with Crippen LogP contribution in [-0.4, -0.2) is 30.2 Å². The molecular formula is C22H19F5N4O2S. The zero-order chi connectivity index (χ0) is 25.0. The summed E-state index contributed by atoms with van der Waals surface area (Å²) in [6, 6.07) is 2.87. The second-order valence-electron chi connectivity index (χ2n) is 8.25. The van der Waals surface area contributed by atoms with E-state index in [-0.39, 0.29) is 39.5 Å². The van der Waals surface area contributed by atoms with Crippen LogP contribution in [0.1, 0.15) is 43.4 Å². The van der Waals surface area contributed by atoms with E-state index in [9.17, 15) is 31.2 Å². The molecule has 2 aromatic heterocycles. The minimum Gasteiger partial charge on any atom is -0.333 e. The SMILES string of the molecule is Cc1c(F)cc2c(C#N)c(-c3ccc(S(=O)(=O)N[C@@H](C)C(F)(F)F)cn3)n(C3CCC3)c2c1F. The molecule has 4 rings (SSSR count). The molecule has 1 aliphatic carbocycles. The van der Waals surface area contributed by atoms with Gasteiger partial charge < -0.3 is 4.57 Å².